The number of rotatable bonds is 5. The molecule has 156 valence electrons. The Labute approximate surface area is 171 Å². The van der Waals surface area contributed by atoms with Gasteiger partial charge in [0.15, 0.2) is 6.61 Å². The number of hydrogen-bond acceptors (Lipinski definition) is 6. The molecule has 0 radical (unpaired) electrons. The average Bonchev–Trinajstić information content (AvgIpc) is 3.24. The van der Waals surface area contributed by atoms with E-state index >= 15 is 0 Å². The summed E-state index contributed by atoms with van der Waals surface area (Å²) in [7, 11) is 0. The number of fused-ring (bicyclic) bond motifs is 1. The third-order valence-electron chi connectivity index (χ3n) is 5.04. The van der Waals surface area contributed by atoms with Gasteiger partial charge in [-0.25, -0.2) is 4.39 Å². The molecule has 9 nitrogen and oxygen atoms in total. The summed E-state index contributed by atoms with van der Waals surface area (Å²) in [5.41, 5.74) is 0.888. The summed E-state index contributed by atoms with van der Waals surface area (Å²) in [6.45, 7) is 0.993. The number of amides is 2. The minimum absolute atomic E-state index is 0.146. The zero-order valence-corrected chi connectivity index (χ0v) is 16.0. The number of anilines is 3. The summed E-state index contributed by atoms with van der Waals surface area (Å²) in [6.07, 6.45) is 2.06. The molecule has 1 N–H and O–H groups in total. The Morgan fingerprint density at radius 3 is 2.70 bits per heavy atom. The highest BCUT2D eigenvalue weighted by Gasteiger charge is 2.29. The molecule has 2 aromatic carbocycles. The number of benzene rings is 2. The first-order valence-corrected chi connectivity index (χ1v) is 9.48. The summed E-state index contributed by atoms with van der Waals surface area (Å²) in [5.74, 6) is -1.26. The smallest absolute Gasteiger partial charge is 0.271 e. The molecule has 1 fully saturated rings. The number of carbonyl (C=O) groups is 2. The molecule has 0 saturated carbocycles. The summed E-state index contributed by atoms with van der Waals surface area (Å²) >= 11 is 0. The van der Waals surface area contributed by atoms with Gasteiger partial charge in [-0.3, -0.25) is 24.6 Å². The summed E-state index contributed by atoms with van der Waals surface area (Å²) < 4.78 is 19.3. The first kappa shape index (κ1) is 19.6. The van der Waals surface area contributed by atoms with Crippen LogP contribution in [0.25, 0.3) is 0 Å². The number of ether oxygens (including phenoxy) is 1. The van der Waals surface area contributed by atoms with Gasteiger partial charge in [0.05, 0.1) is 10.6 Å². The summed E-state index contributed by atoms with van der Waals surface area (Å²) in [4.78, 5) is 38.5. The van der Waals surface area contributed by atoms with Crippen molar-refractivity contribution in [1.29, 1.82) is 0 Å². The molecule has 10 heteroatoms. The van der Waals surface area contributed by atoms with Crippen molar-refractivity contribution < 1.29 is 23.6 Å². The molecule has 0 aromatic heterocycles. The number of halogens is 1. The van der Waals surface area contributed by atoms with Gasteiger partial charge in [-0.2, -0.15) is 0 Å². The van der Waals surface area contributed by atoms with E-state index in [1.807, 2.05) is 4.90 Å². The Morgan fingerprint density at radius 2 is 1.97 bits per heavy atom. The maximum absolute atomic E-state index is 14.0. The monoisotopic (exact) mass is 414 g/mol. The molecule has 0 aliphatic carbocycles. The fourth-order valence-electron chi connectivity index (χ4n) is 3.63. The second-order valence-electron chi connectivity index (χ2n) is 7.12. The highest BCUT2D eigenvalue weighted by molar-refractivity contribution is 6.05. The van der Waals surface area contributed by atoms with Crippen LogP contribution in [0.15, 0.2) is 36.4 Å². The van der Waals surface area contributed by atoms with Gasteiger partial charge in [0.2, 0.25) is 5.91 Å². The van der Waals surface area contributed by atoms with Crippen LogP contribution in [0, 0.1) is 15.9 Å². The number of nitro groups is 1. The third-order valence-corrected chi connectivity index (χ3v) is 5.04. The molecule has 0 unspecified atom stereocenters. The molecule has 0 spiro atoms. The Bertz CT molecular complexity index is 1020. The lowest BCUT2D eigenvalue weighted by molar-refractivity contribution is -0.384. The predicted octanol–water partition coefficient (Wildman–Crippen LogP) is 2.70. The molecule has 4 rings (SSSR count). The molecule has 0 bridgehead atoms. The van der Waals surface area contributed by atoms with Gasteiger partial charge in [0.25, 0.3) is 11.6 Å². The zero-order valence-electron chi connectivity index (χ0n) is 16.0. The molecular formula is C20H19FN4O5. The van der Waals surface area contributed by atoms with Crippen LogP contribution in [0.5, 0.6) is 5.75 Å². The van der Waals surface area contributed by atoms with Gasteiger partial charge in [0, 0.05) is 36.6 Å². The highest BCUT2D eigenvalue weighted by Crippen LogP contribution is 2.35. The first-order valence-electron chi connectivity index (χ1n) is 9.48. The highest BCUT2D eigenvalue weighted by atomic mass is 19.1. The average molecular weight is 414 g/mol. The van der Waals surface area contributed by atoms with E-state index in [1.54, 1.807) is 6.07 Å². The quantitative estimate of drug-likeness (QED) is 0.596. The minimum Gasteiger partial charge on any atom is -0.482 e. The summed E-state index contributed by atoms with van der Waals surface area (Å²) in [5, 5.41) is 13.7. The second-order valence-corrected chi connectivity index (χ2v) is 7.12. The van der Waals surface area contributed by atoms with E-state index in [0.29, 0.717) is 5.69 Å². The number of nitrogens with one attached hydrogen (secondary N) is 1. The topological polar surface area (TPSA) is 105 Å². The number of hydrogen-bond donors (Lipinski definition) is 1. The van der Waals surface area contributed by atoms with Crippen LogP contribution in [0.3, 0.4) is 0 Å². The van der Waals surface area contributed by atoms with E-state index in [0.717, 1.165) is 30.8 Å². The third kappa shape index (κ3) is 4.02. The number of nitrogens with zero attached hydrogens (tertiary/aromatic N) is 3. The van der Waals surface area contributed by atoms with Gasteiger partial charge < -0.3 is 15.0 Å². The van der Waals surface area contributed by atoms with Crippen LogP contribution in [0.4, 0.5) is 27.1 Å². The van der Waals surface area contributed by atoms with E-state index in [1.165, 1.54) is 30.3 Å². The molecule has 2 aliphatic rings. The Kier molecular flexibility index (Phi) is 5.21. The van der Waals surface area contributed by atoms with E-state index in [4.69, 9.17) is 4.74 Å². The van der Waals surface area contributed by atoms with Gasteiger partial charge in [-0.15, -0.1) is 0 Å². The molecule has 1 saturated heterocycles. The van der Waals surface area contributed by atoms with Gasteiger partial charge in [-0.05, 0) is 37.1 Å². The maximum Gasteiger partial charge on any atom is 0.271 e. The lowest BCUT2D eigenvalue weighted by atomic mass is 10.2. The van der Waals surface area contributed by atoms with E-state index < -0.39 is 22.6 Å². The van der Waals surface area contributed by atoms with Crippen LogP contribution >= 0.6 is 0 Å². The lowest BCUT2D eigenvalue weighted by Crippen LogP contribution is -2.43. The van der Waals surface area contributed by atoms with Crippen LogP contribution in [0.1, 0.15) is 12.8 Å². The Morgan fingerprint density at radius 1 is 1.20 bits per heavy atom. The largest absolute Gasteiger partial charge is 0.482 e. The van der Waals surface area contributed by atoms with Crippen molar-refractivity contribution >= 4 is 34.6 Å². The van der Waals surface area contributed by atoms with Crippen LogP contribution in [0.2, 0.25) is 0 Å². The van der Waals surface area contributed by atoms with E-state index in [2.05, 4.69) is 5.32 Å². The van der Waals surface area contributed by atoms with E-state index in [9.17, 15) is 24.1 Å². The molecule has 2 heterocycles. The second kappa shape index (κ2) is 7.97. The Balaban J connectivity index is 1.53. The summed E-state index contributed by atoms with van der Waals surface area (Å²) in [6, 6.07) is 8.15. The van der Waals surface area contributed by atoms with Crippen molar-refractivity contribution in [3.05, 3.63) is 52.3 Å². The Hall–Kier alpha value is -3.69. The molecule has 2 aromatic rings. The zero-order chi connectivity index (χ0) is 21.3. The minimum atomic E-state index is -0.593. The number of non-ortho nitro benzene ring substituents is 1. The number of carbonyl (C=O) groups excluding carboxylic acids is 2. The standard InChI is InChI=1S/C20H19FN4O5/c21-13-7-14(9-16(8-13)23-5-1-2-6-23)22-19(26)11-24-17-10-15(25(28)29)3-4-18(17)30-12-20(24)27/h3-4,7-10H,1-2,5-6,11-12H2,(H,22,26). The predicted molar refractivity (Wildman–Crippen MR) is 107 cm³/mol. The van der Waals surface area contributed by atoms with Crippen LogP contribution in [-0.4, -0.2) is 43.0 Å². The van der Waals surface area contributed by atoms with Crippen molar-refractivity contribution in [2.45, 2.75) is 12.8 Å². The van der Waals surface area contributed by atoms with Crippen molar-refractivity contribution in [3.8, 4) is 5.75 Å². The van der Waals surface area contributed by atoms with Crippen LogP contribution in [-0.2, 0) is 9.59 Å². The fourth-order valence-corrected chi connectivity index (χ4v) is 3.63. The van der Waals surface area contributed by atoms with Crippen LogP contribution < -0.4 is 19.9 Å². The first-order chi connectivity index (χ1) is 14.4. The van der Waals surface area contributed by atoms with Gasteiger partial charge >= 0.3 is 0 Å². The lowest BCUT2D eigenvalue weighted by Gasteiger charge is -2.28. The van der Waals surface area contributed by atoms with Crippen molar-refractivity contribution in [1.82, 2.24) is 0 Å². The SMILES string of the molecule is O=C(CN1C(=O)COc2ccc([N+](=O)[O-])cc21)Nc1cc(F)cc(N2CCCC2)c1. The van der Waals surface area contributed by atoms with Crippen molar-refractivity contribution in [2.75, 3.05) is 41.4 Å². The normalized spacial score (nSPS) is 15.6. The molecule has 30 heavy (non-hydrogen) atoms. The molecule has 2 aliphatic heterocycles. The molecule has 2 amide bonds. The van der Waals surface area contributed by atoms with Gasteiger partial charge in [0.1, 0.15) is 18.1 Å². The van der Waals surface area contributed by atoms with Crippen molar-refractivity contribution in [3.63, 3.8) is 0 Å². The molecule has 0 atom stereocenters. The van der Waals surface area contributed by atoms with Crippen molar-refractivity contribution in [2.24, 2.45) is 0 Å². The fraction of sp³-hybridized carbons (Fsp3) is 0.300. The van der Waals surface area contributed by atoms with Gasteiger partial charge in [-0.1, -0.05) is 0 Å². The molecular weight excluding hydrogens is 395 g/mol. The maximum atomic E-state index is 14.0. The van der Waals surface area contributed by atoms with E-state index in [-0.39, 0.29) is 36.0 Å². The number of nitro benzene ring substituents is 1.